The van der Waals surface area contributed by atoms with Crippen LogP contribution in [0.25, 0.3) is 10.9 Å². The molecule has 1 saturated heterocycles. The van der Waals surface area contributed by atoms with E-state index in [4.69, 9.17) is 14.7 Å². The van der Waals surface area contributed by atoms with Crippen LogP contribution in [0.5, 0.6) is 0 Å². The Bertz CT molecular complexity index is 835. The first-order valence-electron chi connectivity index (χ1n) is 9.17. The lowest BCUT2D eigenvalue weighted by atomic mass is 9.97. The smallest absolute Gasteiger partial charge is 0.328 e. The lowest BCUT2D eigenvalue weighted by Gasteiger charge is -2.20. The summed E-state index contributed by atoms with van der Waals surface area (Å²) in [5.74, 6) is -2.00. The van der Waals surface area contributed by atoms with E-state index >= 15 is 0 Å². The lowest BCUT2D eigenvalue weighted by molar-refractivity contribution is -0.134. The minimum Gasteiger partial charge on any atom is -0.478 e. The highest BCUT2D eigenvalue weighted by Gasteiger charge is 2.27. The first-order chi connectivity index (χ1) is 13.4. The minimum atomic E-state index is -1.26. The molecule has 2 heterocycles. The summed E-state index contributed by atoms with van der Waals surface area (Å²) in [6.07, 6.45) is 4.45. The molecule has 1 fully saturated rings. The van der Waals surface area contributed by atoms with Crippen molar-refractivity contribution in [2.24, 2.45) is 5.92 Å². The molecule has 1 aliphatic rings. The summed E-state index contributed by atoms with van der Waals surface area (Å²) in [4.78, 5) is 34.2. The van der Waals surface area contributed by atoms with Gasteiger partial charge >= 0.3 is 11.9 Å². The molecule has 0 aliphatic carbocycles. The number of Topliss-reactive ketones (excluding diaryl/α,β-unsaturated/α-hetero) is 1. The summed E-state index contributed by atoms with van der Waals surface area (Å²) >= 11 is 0. The molecule has 0 spiro atoms. The second kappa shape index (κ2) is 10.4. The van der Waals surface area contributed by atoms with Crippen molar-refractivity contribution in [2.45, 2.75) is 26.2 Å². The van der Waals surface area contributed by atoms with E-state index in [1.54, 1.807) is 0 Å². The molecule has 1 aromatic heterocycles. The summed E-state index contributed by atoms with van der Waals surface area (Å²) in [5, 5.41) is 20.4. The van der Waals surface area contributed by atoms with Crippen molar-refractivity contribution in [2.75, 3.05) is 19.6 Å². The quantitative estimate of drug-likeness (QED) is 0.549. The Morgan fingerprint density at radius 2 is 1.75 bits per heavy atom. The lowest BCUT2D eigenvalue weighted by Crippen LogP contribution is -2.30. The van der Waals surface area contributed by atoms with Crippen LogP contribution < -0.4 is 0 Å². The van der Waals surface area contributed by atoms with Gasteiger partial charge in [0.2, 0.25) is 11.5 Å². The highest BCUT2D eigenvalue weighted by molar-refractivity contribution is 6.05. The molecular formula is C20H24N2O6. The van der Waals surface area contributed by atoms with Crippen LogP contribution in [0.4, 0.5) is 0 Å². The van der Waals surface area contributed by atoms with Crippen molar-refractivity contribution < 1.29 is 29.1 Å². The van der Waals surface area contributed by atoms with E-state index in [0.29, 0.717) is 17.9 Å². The number of fused-ring (bicyclic) bond motifs is 1. The zero-order chi connectivity index (χ0) is 20.5. The highest BCUT2D eigenvalue weighted by atomic mass is 16.5. The highest BCUT2D eigenvalue weighted by Crippen LogP contribution is 2.23. The van der Waals surface area contributed by atoms with E-state index in [2.05, 4.69) is 17.0 Å². The number of likely N-dealkylation sites (tertiary alicyclic amines) is 1. The van der Waals surface area contributed by atoms with Gasteiger partial charge in [-0.05, 0) is 44.5 Å². The van der Waals surface area contributed by atoms with Crippen LogP contribution >= 0.6 is 0 Å². The first-order valence-corrected chi connectivity index (χ1v) is 9.17. The van der Waals surface area contributed by atoms with E-state index in [-0.39, 0.29) is 11.7 Å². The number of rotatable bonds is 7. The Balaban J connectivity index is 0.000000300. The summed E-state index contributed by atoms with van der Waals surface area (Å²) in [7, 11) is 0. The SMILES string of the molecule is CCC(CN1CCCC1)C(=O)c1onc2ccccc12.O=C(O)C=CC(=O)O. The van der Waals surface area contributed by atoms with E-state index in [1.807, 2.05) is 24.3 Å². The number of ketones is 1. The van der Waals surface area contributed by atoms with Gasteiger partial charge in [-0.1, -0.05) is 24.2 Å². The van der Waals surface area contributed by atoms with Crippen LogP contribution in [-0.4, -0.2) is 57.6 Å². The van der Waals surface area contributed by atoms with Crippen molar-refractivity contribution in [1.29, 1.82) is 0 Å². The van der Waals surface area contributed by atoms with Gasteiger partial charge in [-0.2, -0.15) is 0 Å². The maximum absolute atomic E-state index is 12.7. The van der Waals surface area contributed by atoms with Gasteiger partial charge in [-0.25, -0.2) is 9.59 Å². The topological polar surface area (TPSA) is 121 Å². The molecule has 0 saturated carbocycles. The second-order valence-electron chi connectivity index (χ2n) is 6.52. The van der Waals surface area contributed by atoms with Gasteiger partial charge < -0.3 is 19.6 Å². The Labute approximate surface area is 162 Å². The van der Waals surface area contributed by atoms with Crippen LogP contribution in [0.3, 0.4) is 0 Å². The first kappa shape index (κ1) is 21.3. The summed E-state index contributed by atoms with van der Waals surface area (Å²) in [5.41, 5.74) is 0.756. The number of carboxylic acids is 2. The maximum Gasteiger partial charge on any atom is 0.328 e. The van der Waals surface area contributed by atoms with Gasteiger partial charge in [0.05, 0.1) is 5.39 Å². The molecule has 1 aromatic carbocycles. The predicted molar refractivity (Wildman–Crippen MR) is 102 cm³/mol. The van der Waals surface area contributed by atoms with E-state index < -0.39 is 11.9 Å². The fraction of sp³-hybridized carbons (Fsp3) is 0.400. The number of aliphatic carboxylic acids is 2. The third-order valence-electron chi connectivity index (χ3n) is 4.52. The average Bonchev–Trinajstić information content (AvgIpc) is 3.34. The molecule has 0 radical (unpaired) electrons. The van der Waals surface area contributed by atoms with Crippen molar-refractivity contribution >= 4 is 28.6 Å². The molecular weight excluding hydrogens is 364 g/mol. The van der Waals surface area contributed by atoms with Crippen LogP contribution in [0.1, 0.15) is 36.7 Å². The van der Waals surface area contributed by atoms with Gasteiger partial charge in [-0.3, -0.25) is 4.79 Å². The monoisotopic (exact) mass is 388 g/mol. The molecule has 28 heavy (non-hydrogen) atoms. The number of carbonyl (C=O) groups excluding carboxylic acids is 1. The molecule has 0 bridgehead atoms. The van der Waals surface area contributed by atoms with Crippen molar-refractivity contribution in [3.8, 4) is 0 Å². The third-order valence-corrected chi connectivity index (χ3v) is 4.52. The summed E-state index contributed by atoms with van der Waals surface area (Å²) in [6, 6.07) is 7.59. The van der Waals surface area contributed by atoms with Crippen molar-refractivity contribution in [1.82, 2.24) is 10.1 Å². The molecule has 0 amide bonds. The third kappa shape index (κ3) is 6.02. The largest absolute Gasteiger partial charge is 0.478 e. The molecule has 8 nitrogen and oxygen atoms in total. The Morgan fingerprint density at radius 3 is 2.32 bits per heavy atom. The number of carboxylic acid groups (broad SMARTS) is 2. The average molecular weight is 388 g/mol. The number of aromatic nitrogens is 1. The van der Waals surface area contributed by atoms with Gasteiger partial charge in [0, 0.05) is 24.6 Å². The molecule has 2 N–H and O–H groups in total. The van der Waals surface area contributed by atoms with E-state index in [1.165, 1.54) is 12.8 Å². The van der Waals surface area contributed by atoms with Gasteiger partial charge in [0.25, 0.3) is 0 Å². The standard InChI is InChI=1S/C16H20N2O2.C4H4O4/c1-2-12(11-18-9-5-6-10-18)15(19)16-13-7-3-4-8-14(13)17-20-16;5-3(6)1-2-4(7)8/h3-4,7-8,12H,2,5-6,9-11H2,1H3;1-2H,(H,5,6)(H,7,8). The van der Waals surface area contributed by atoms with Crippen LogP contribution in [-0.2, 0) is 9.59 Å². The Morgan fingerprint density at radius 1 is 1.14 bits per heavy atom. The molecule has 150 valence electrons. The summed E-state index contributed by atoms with van der Waals surface area (Å²) in [6.45, 7) is 5.13. The molecule has 3 rings (SSSR count). The fourth-order valence-electron chi connectivity index (χ4n) is 3.07. The van der Waals surface area contributed by atoms with Crippen LogP contribution in [0.15, 0.2) is 40.9 Å². The Kier molecular flexibility index (Phi) is 7.88. The summed E-state index contributed by atoms with van der Waals surface area (Å²) < 4.78 is 5.31. The zero-order valence-corrected chi connectivity index (χ0v) is 15.7. The molecule has 1 atom stereocenters. The van der Waals surface area contributed by atoms with Gasteiger partial charge in [0.1, 0.15) is 5.52 Å². The molecule has 2 aromatic rings. The molecule has 1 unspecified atom stereocenters. The number of nitrogens with zero attached hydrogens (tertiary/aromatic N) is 2. The van der Waals surface area contributed by atoms with Gasteiger partial charge in [-0.15, -0.1) is 0 Å². The van der Waals surface area contributed by atoms with Crippen LogP contribution in [0.2, 0.25) is 0 Å². The maximum atomic E-state index is 12.7. The second-order valence-corrected chi connectivity index (χ2v) is 6.52. The van der Waals surface area contributed by atoms with Gasteiger partial charge in [0.15, 0.2) is 0 Å². The number of hydrogen-bond acceptors (Lipinski definition) is 6. The van der Waals surface area contributed by atoms with E-state index in [0.717, 1.165) is 37.0 Å². The fourth-order valence-corrected chi connectivity index (χ4v) is 3.07. The zero-order valence-electron chi connectivity index (χ0n) is 15.7. The van der Waals surface area contributed by atoms with Crippen molar-refractivity contribution in [3.05, 3.63) is 42.2 Å². The number of carbonyl (C=O) groups is 3. The molecule has 8 heteroatoms. The predicted octanol–water partition coefficient (Wildman–Crippen LogP) is 2.84. The van der Waals surface area contributed by atoms with E-state index in [9.17, 15) is 14.4 Å². The Hall–Kier alpha value is -3.00. The number of hydrogen-bond donors (Lipinski definition) is 2. The van der Waals surface area contributed by atoms with Crippen molar-refractivity contribution in [3.63, 3.8) is 0 Å². The van der Waals surface area contributed by atoms with Crippen LogP contribution in [0, 0.1) is 5.92 Å². The number of benzene rings is 1. The molecule has 1 aliphatic heterocycles. The minimum absolute atomic E-state index is 0.00413. The normalized spacial score (nSPS) is 15.3.